The molecule has 0 heterocycles. The SMILES string of the molecule is C=C(CN=C=O)Cc1ccccc1C(F)(F)F. The average Bonchev–Trinajstić information content (AvgIpc) is 2.25. The Kier molecular flexibility index (Phi) is 4.24. The number of hydrogen-bond acceptors (Lipinski definition) is 2. The minimum absolute atomic E-state index is 0.00427. The van der Waals surface area contributed by atoms with Crippen LogP contribution in [0, 0.1) is 0 Å². The Labute approximate surface area is 96.5 Å². The highest BCUT2D eigenvalue weighted by Gasteiger charge is 2.32. The fourth-order valence-corrected chi connectivity index (χ4v) is 1.42. The number of aliphatic imine (C=N–C) groups is 1. The van der Waals surface area contributed by atoms with Crippen molar-refractivity contribution in [3.05, 3.63) is 47.5 Å². The summed E-state index contributed by atoms with van der Waals surface area (Å²) in [6.07, 6.45) is -3.02. The molecule has 90 valence electrons. The molecule has 0 saturated heterocycles. The predicted molar refractivity (Wildman–Crippen MR) is 57.3 cm³/mol. The summed E-state index contributed by atoms with van der Waals surface area (Å²) < 4.78 is 37.9. The maximum Gasteiger partial charge on any atom is 0.416 e. The quantitative estimate of drug-likeness (QED) is 0.452. The molecular formula is C12H10F3NO. The van der Waals surface area contributed by atoms with Gasteiger partial charge in [0, 0.05) is 0 Å². The third-order valence-electron chi connectivity index (χ3n) is 2.13. The molecule has 0 amide bonds. The topological polar surface area (TPSA) is 29.4 Å². The van der Waals surface area contributed by atoms with Crippen LogP contribution in [-0.4, -0.2) is 12.6 Å². The molecule has 0 fully saturated rings. The van der Waals surface area contributed by atoms with E-state index in [1.807, 2.05) is 0 Å². The number of isocyanates is 1. The van der Waals surface area contributed by atoms with Gasteiger partial charge in [-0.2, -0.15) is 13.2 Å². The van der Waals surface area contributed by atoms with Crippen LogP contribution >= 0.6 is 0 Å². The molecule has 17 heavy (non-hydrogen) atoms. The van der Waals surface area contributed by atoms with Crippen LogP contribution in [0.25, 0.3) is 0 Å². The van der Waals surface area contributed by atoms with E-state index in [9.17, 15) is 18.0 Å². The lowest BCUT2D eigenvalue weighted by molar-refractivity contribution is -0.138. The number of benzene rings is 1. The molecule has 0 aliphatic rings. The van der Waals surface area contributed by atoms with Crippen molar-refractivity contribution < 1.29 is 18.0 Å². The summed E-state index contributed by atoms with van der Waals surface area (Å²) in [5.41, 5.74) is -0.118. The molecule has 2 nitrogen and oxygen atoms in total. The van der Waals surface area contributed by atoms with Gasteiger partial charge in [-0.25, -0.2) is 9.79 Å². The van der Waals surface area contributed by atoms with E-state index in [2.05, 4.69) is 11.6 Å². The molecule has 0 N–H and O–H groups in total. The summed E-state index contributed by atoms with van der Waals surface area (Å²) in [4.78, 5) is 13.1. The van der Waals surface area contributed by atoms with E-state index >= 15 is 0 Å². The van der Waals surface area contributed by atoms with Crippen molar-refractivity contribution in [2.24, 2.45) is 4.99 Å². The van der Waals surface area contributed by atoms with E-state index < -0.39 is 11.7 Å². The van der Waals surface area contributed by atoms with Crippen LogP contribution in [0.4, 0.5) is 13.2 Å². The highest BCUT2D eigenvalue weighted by Crippen LogP contribution is 2.32. The zero-order chi connectivity index (χ0) is 12.9. The van der Waals surface area contributed by atoms with Crippen LogP contribution in [0.5, 0.6) is 0 Å². The van der Waals surface area contributed by atoms with Gasteiger partial charge in [0.1, 0.15) is 0 Å². The maximum atomic E-state index is 12.6. The van der Waals surface area contributed by atoms with Crippen LogP contribution in [0.2, 0.25) is 0 Å². The number of halogens is 3. The Hall–Kier alpha value is -1.87. The first kappa shape index (κ1) is 13.2. The average molecular weight is 241 g/mol. The number of hydrogen-bond donors (Lipinski definition) is 0. The van der Waals surface area contributed by atoms with Gasteiger partial charge in [-0.1, -0.05) is 30.4 Å². The fourth-order valence-electron chi connectivity index (χ4n) is 1.42. The molecule has 1 rings (SSSR count). The molecule has 0 unspecified atom stereocenters. The highest BCUT2D eigenvalue weighted by atomic mass is 19.4. The molecular weight excluding hydrogens is 231 g/mol. The minimum atomic E-state index is -4.38. The second-order valence-electron chi connectivity index (χ2n) is 3.49. The van der Waals surface area contributed by atoms with Gasteiger partial charge in [-0.15, -0.1) is 0 Å². The second kappa shape index (κ2) is 5.46. The van der Waals surface area contributed by atoms with Crippen LogP contribution in [0.15, 0.2) is 41.4 Å². The largest absolute Gasteiger partial charge is 0.416 e. The Bertz CT molecular complexity index is 459. The number of carbonyl (C=O) groups excluding carboxylic acids is 1. The smallest absolute Gasteiger partial charge is 0.211 e. The van der Waals surface area contributed by atoms with Crippen LogP contribution in [0.1, 0.15) is 11.1 Å². The Balaban J connectivity index is 2.91. The third-order valence-corrected chi connectivity index (χ3v) is 2.13. The Morgan fingerprint density at radius 2 is 2.00 bits per heavy atom. The van der Waals surface area contributed by atoms with E-state index in [1.54, 1.807) is 0 Å². The maximum absolute atomic E-state index is 12.6. The molecule has 1 aromatic rings. The van der Waals surface area contributed by atoms with Crippen molar-refractivity contribution in [3.8, 4) is 0 Å². The Morgan fingerprint density at radius 1 is 1.35 bits per heavy atom. The van der Waals surface area contributed by atoms with Crippen molar-refractivity contribution in [1.82, 2.24) is 0 Å². The summed E-state index contributed by atoms with van der Waals surface area (Å²) >= 11 is 0. The zero-order valence-corrected chi connectivity index (χ0v) is 8.92. The summed E-state index contributed by atoms with van der Waals surface area (Å²) in [7, 11) is 0. The summed E-state index contributed by atoms with van der Waals surface area (Å²) in [6.45, 7) is 3.57. The van der Waals surface area contributed by atoms with Gasteiger partial charge in [0.05, 0.1) is 12.1 Å². The van der Waals surface area contributed by atoms with Gasteiger partial charge in [0.2, 0.25) is 6.08 Å². The first-order valence-corrected chi connectivity index (χ1v) is 4.80. The van der Waals surface area contributed by atoms with Crippen LogP contribution in [0.3, 0.4) is 0 Å². The summed E-state index contributed by atoms with van der Waals surface area (Å²) in [5, 5.41) is 0. The van der Waals surface area contributed by atoms with Crippen LogP contribution in [-0.2, 0) is 17.4 Å². The van der Waals surface area contributed by atoms with E-state index in [0.29, 0.717) is 5.57 Å². The predicted octanol–water partition coefficient (Wildman–Crippen LogP) is 3.14. The van der Waals surface area contributed by atoms with E-state index in [0.717, 1.165) is 6.07 Å². The lowest BCUT2D eigenvalue weighted by atomic mass is 10.0. The fraction of sp³-hybridized carbons (Fsp3) is 0.250. The molecule has 1 aromatic carbocycles. The van der Waals surface area contributed by atoms with Gasteiger partial charge >= 0.3 is 6.18 Å². The van der Waals surface area contributed by atoms with Crippen LogP contribution < -0.4 is 0 Å². The number of nitrogens with zero attached hydrogens (tertiary/aromatic N) is 1. The molecule has 0 bridgehead atoms. The number of rotatable bonds is 4. The molecule has 0 atom stereocenters. The van der Waals surface area contributed by atoms with Gasteiger partial charge in [-0.3, -0.25) is 0 Å². The number of alkyl halides is 3. The van der Waals surface area contributed by atoms with Crippen molar-refractivity contribution in [2.45, 2.75) is 12.6 Å². The van der Waals surface area contributed by atoms with Gasteiger partial charge < -0.3 is 0 Å². The van der Waals surface area contributed by atoms with E-state index in [-0.39, 0.29) is 18.5 Å². The highest BCUT2D eigenvalue weighted by molar-refractivity contribution is 5.36. The Morgan fingerprint density at radius 3 is 2.59 bits per heavy atom. The van der Waals surface area contributed by atoms with Gasteiger partial charge in [0.25, 0.3) is 0 Å². The normalized spacial score (nSPS) is 10.8. The molecule has 0 radical (unpaired) electrons. The van der Waals surface area contributed by atoms with Crippen molar-refractivity contribution in [3.63, 3.8) is 0 Å². The molecule has 0 aliphatic carbocycles. The van der Waals surface area contributed by atoms with Gasteiger partial charge in [-0.05, 0) is 18.1 Å². The molecule has 0 aromatic heterocycles. The molecule has 5 heteroatoms. The monoisotopic (exact) mass is 241 g/mol. The first-order valence-electron chi connectivity index (χ1n) is 4.80. The zero-order valence-electron chi connectivity index (χ0n) is 8.92. The lowest BCUT2D eigenvalue weighted by Gasteiger charge is -2.12. The van der Waals surface area contributed by atoms with Crippen molar-refractivity contribution in [1.29, 1.82) is 0 Å². The second-order valence-corrected chi connectivity index (χ2v) is 3.49. The first-order chi connectivity index (χ1) is 7.95. The van der Waals surface area contributed by atoms with Crippen molar-refractivity contribution >= 4 is 6.08 Å². The lowest BCUT2D eigenvalue weighted by Crippen LogP contribution is -2.09. The van der Waals surface area contributed by atoms with Gasteiger partial charge in [0.15, 0.2) is 0 Å². The third kappa shape index (κ3) is 3.89. The molecule has 0 saturated carbocycles. The minimum Gasteiger partial charge on any atom is -0.211 e. The van der Waals surface area contributed by atoms with Crippen molar-refractivity contribution in [2.75, 3.05) is 6.54 Å². The molecule has 0 spiro atoms. The standard InChI is InChI=1S/C12H10F3NO/c1-9(7-16-8-17)6-10-4-2-3-5-11(10)12(13,14)15/h2-5H,1,6-7H2. The van der Waals surface area contributed by atoms with E-state index in [1.165, 1.54) is 24.3 Å². The molecule has 0 aliphatic heterocycles. The van der Waals surface area contributed by atoms with E-state index in [4.69, 9.17) is 0 Å². The summed E-state index contributed by atoms with van der Waals surface area (Å²) in [5.74, 6) is 0. The summed E-state index contributed by atoms with van der Waals surface area (Å²) in [6, 6.07) is 5.27.